The summed E-state index contributed by atoms with van der Waals surface area (Å²) < 4.78 is 5.81. The van der Waals surface area contributed by atoms with Gasteiger partial charge in [0.15, 0.2) is 0 Å². The molecule has 3 unspecified atom stereocenters. The van der Waals surface area contributed by atoms with Gasteiger partial charge in [-0.1, -0.05) is 6.92 Å². The lowest BCUT2D eigenvalue weighted by Crippen LogP contribution is -2.52. The zero-order valence-electron chi connectivity index (χ0n) is 11.2. The predicted molar refractivity (Wildman–Crippen MR) is 69.3 cm³/mol. The lowest BCUT2D eigenvalue weighted by Gasteiger charge is -2.37. The number of carbonyl (C=O) groups excluding carboxylic acids is 1. The van der Waals surface area contributed by atoms with Crippen molar-refractivity contribution < 1.29 is 9.53 Å². The Bertz CT molecular complexity index is 326. The molecule has 2 bridgehead atoms. The summed E-state index contributed by atoms with van der Waals surface area (Å²) in [5.74, 6) is 0.271. The maximum atomic E-state index is 12.6. The third-order valence-corrected chi connectivity index (χ3v) is 5.14. The summed E-state index contributed by atoms with van der Waals surface area (Å²) >= 11 is 0. The number of rotatable bonds is 3. The van der Waals surface area contributed by atoms with Crippen LogP contribution in [0.1, 0.15) is 45.4 Å². The van der Waals surface area contributed by atoms with Gasteiger partial charge in [-0.3, -0.25) is 4.79 Å². The number of fused-ring (bicyclic) bond motifs is 2. The second-order valence-electron chi connectivity index (χ2n) is 6.07. The summed E-state index contributed by atoms with van der Waals surface area (Å²) in [5, 5.41) is 6.62. The molecule has 3 aliphatic heterocycles. The van der Waals surface area contributed by atoms with E-state index in [0.29, 0.717) is 6.10 Å². The number of nitrogens with one attached hydrogen (secondary N) is 2. The van der Waals surface area contributed by atoms with Crippen LogP contribution in [0.5, 0.6) is 0 Å². The summed E-state index contributed by atoms with van der Waals surface area (Å²) in [7, 11) is 0. The molecule has 2 N–H and O–H groups in total. The Morgan fingerprint density at radius 1 is 1.39 bits per heavy atom. The van der Waals surface area contributed by atoms with E-state index in [9.17, 15) is 4.79 Å². The Morgan fingerprint density at radius 3 is 2.72 bits per heavy atom. The van der Waals surface area contributed by atoms with Gasteiger partial charge in [-0.25, -0.2) is 0 Å². The van der Waals surface area contributed by atoms with Crippen LogP contribution in [-0.4, -0.2) is 37.2 Å². The van der Waals surface area contributed by atoms with Gasteiger partial charge in [0.2, 0.25) is 5.91 Å². The molecule has 0 saturated carbocycles. The highest BCUT2D eigenvalue weighted by atomic mass is 16.5. The van der Waals surface area contributed by atoms with Crippen LogP contribution in [0, 0.1) is 5.41 Å². The van der Waals surface area contributed by atoms with Crippen molar-refractivity contribution in [3.63, 3.8) is 0 Å². The van der Waals surface area contributed by atoms with E-state index >= 15 is 0 Å². The Balaban J connectivity index is 1.63. The summed E-state index contributed by atoms with van der Waals surface area (Å²) in [6, 6.07) is 0.273. The molecule has 1 amide bonds. The first-order chi connectivity index (χ1) is 8.73. The molecule has 0 aliphatic carbocycles. The van der Waals surface area contributed by atoms with Crippen molar-refractivity contribution in [2.45, 2.75) is 63.7 Å². The van der Waals surface area contributed by atoms with Crippen molar-refractivity contribution in [2.75, 3.05) is 13.1 Å². The minimum atomic E-state index is -0.132. The van der Waals surface area contributed by atoms with Gasteiger partial charge in [-0.15, -0.1) is 0 Å². The predicted octanol–water partition coefficient (Wildman–Crippen LogP) is 1.20. The summed E-state index contributed by atoms with van der Waals surface area (Å²) in [6.45, 7) is 4.07. The van der Waals surface area contributed by atoms with Gasteiger partial charge in [-0.2, -0.15) is 0 Å². The maximum absolute atomic E-state index is 12.6. The molecular weight excluding hydrogens is 228 g/mol. The van der Waals surface area contributed by atoms with E-state index in [0.717, 1.165) is 45.2 Å². The molecule has 18 heavy (non-hydrogen) atoms. The van der Waals surface area contributed by atoms with E-state index in [2.05, 4.69) is 17.6 Å². The van der Waals surface area contributed by atoms with Gasteiger partial charge >= 0.3 is 0 Å². The largest absolute Gasteiger partial charge is 0.373 e. The SMILES string of the molecule is CCC1(C(=O)NC2CC3CCC2O3)CCNCC1. The fourth-order valence-corrected chi connectivity index (χ4v) is 3.76. The molecule has 0 aromatic rings. The lowest BCUT2D eigenvalue weighted by molar-refractivity contribution is -0.134. The Morgan fingerprint density at radius 2 is 2.17 bits per heavy atom. The molecule has 0 aromatic heterocycles. The van der Waals surface area contributed by atoms with Gasteiger partial charge in [0, 0.05) is 0 Å². The van der Waals surface area contributed by atoms with Crippen LogP contribution in [-0.2, 0) is 9.53 Å². The van der Waals surface area contributed by atoms with Crippen LogP contribution in [0.2, 0.25) is 0 Å². The van der Waals surface area contributed by atoms with E-state index < -0.39 is 0 Å². The Hall–Kier alpha value is -0.610. The number of carbonyl (C=O) groups is 1. The minimum Gasteiger partial charge on any atom is -0.373 e. The summed E-state index contributed by atoms with van der Waals surface area (Å²) in [4.78, 5) is 12.6. The van der Waals surface area contributed by atoms with Crippen LogP contribution in [0.25, 0.3) is 0 Å². The molecule has 3 rings (SSSR count). The first kappa shape index (κ1) is 12.4. The molecule has 4 heteroatoms. The second-order valence-corrected chi connectivity index (χ2v) is 6.07. The average molecular weight is 252 g/mol. The van der Waals surface area contributed by atoms with Gasteiger partial charge in [-0.05, 0) is 51.6 Å². The molecule has 3 heterocycles. The Labute approximate surface area is 109 Å². The topological polar surface area (TPSA) is 50.4 Å². The van der Waals surface area contributed by atoms with Crippen LogP contribution < -0.4 is 10.6 Å². The fraction of sp³-hybridized carbons (Fsp3) is 0.929. The van der Waals surface area contributed by atoms with Crippen molar-refractivity contribution in [1.82, 2.24) is 10.6 Å². The molecule has 3 saturated heterocycles. The fourth-order valence-electron chi connectivity index (χ4n) is 3.76. The van der Waals surface area contributed by atoms with E-state index in [-0.39, 0.29) is 23.5 Å². The van der Waals surface area contributed by atoms with Crippen LogP contribution in [0.3, 0.4) is 0 Å². The molecule has 3 fully saturated rings. The zero-order valence-corrected chi connectivity index (χ0v) is 11.2. The molecule has 0 spiro atoms. The highest BCUT2D eigenvalue weighted by Gasteiger charge is 2.44. The number of ether oxygens (including phenoxy) is 1. The van der Waals surface area contributed by atoms with Gasteiger partial charge < -0.3 is 15.4 Å². The average Bonchev–Trinajstić information content (AvgIpc) is 3.01. The minimum absolute atomic E-state index is 0.132. The normalized spacial score (nSPS) is 37.7. The summed E-state index contributed by atoms with van der Waals surface area (Å²) in [5.41, 5.74) is -0.132. The highest BCUT2D eigenvalue weighted by molar-refractivity contribution is 5.83. The van der Waals surface area contributed by atoms with Crippen molar-refractivity contribution in [3.05, 3.63) is 0 Å². The van der Waals surface area contributed by atoms with Crippen molar-refractivity contribution in [2.24, 2.45) is 5.41 Å². The molecule has 3 atom stereocenters. The number of hydrogen-bond donors (Lipinski definition) is 2. The highest BCUT2D eigenvalue weighted by Crippen LogP contribution is 2.37. The van der Waals surface area contributed by atoms with Gasteiger partial charge in [0.25, 0.3) is 0 Å². The molecule has 102 valence electrons. The summed E-state index contributed by atoms with van der Waals surface area (Å²) in [6.07, 6.45) is 6.90. The molecule has 4 nitrogen and oxygen atoms in total. The van der Waals surface area contributed by atoms with Crippen LogP contribution in [0.15, 0.2) is 0 Å². The smallest absolute Gasteiger partial charge is 0.226 e. The van der Waals surface area contributed by atoms with E-state index in [1.807, 2.05) is 0 Å². The first-order valence-corrected chi connectivity index (χ1v) is 7.41. The monoisotopic (exact) mass is 252 g/mol. The molecule has 3 aliphatic rings. The van der Waals surface area contributed by atoms with Crippen molar-refractivity contribution >= 4 is 5.91 Å². The quantitative estimate of drug-likeness (QED) is 0.793. The van der Waals surface area contributed by atoms with Crippen molar-refractivity contribution in [1.29, 1.82) is 0 Å². The first-order valence-electron chi connectivity index (χ1n) is 7.41. The standard InChI is InChI=1S/C14H24N2O2/c1-2-14(5-7-15-8-6-14)13(17)16-11-9-10-3-4-12(11)18-10/h10-12,15H,2-9H2,1H3,(H,16,17). The van der Waals surface area contributed by atoms with E-state index in [1.165, 1.54) is 6.42 Å². The molecule has 0 aromatic carbocycles. The number of piperidine rings is 1. The van der Waals surface area contributed by atoms with Crippen LogP contribution in [0.4, 0.5) is 0 Å². The van der Waals surface area contributed by atoms with E-state index in [4.69, 9.17) is 4.74 Å². The third-order valence-electron chi connectivity index (χ3n) is 5.14. The van der Waals surface area contributed by atoms with E-state index in [1.54, 1.807) is 0 Å². The molecule has 0 radical (unpaired) electrons. The molecular formula is C14H24N2O2. The van der Waals surface area contributed by atoms with Gasteiger partial charge in [0.1, 0.15) is 0 Å². The van der Waals surface area contributed by atoms with Crippen molar-refractivity contribution in [3.8, 4) is 0 Å². The Kier molecular flexibility index (Phi) is 3.32. The lowest BCUT2D eigenvalue weighted by atomic mass is 9.75. The van der Waals surface area contributed by atoms with Crippen LogP contribution >= 0.6 is 0 Å². The number of hydrogen-bond acceptors (Lipinski definition) is 3. The third kappa shape index (κ3) is 2.05. The maximum Gasteiger partial charge on any atom is 0.226 e. The zero-order chi connectivity index (χ0) is 12.6. The number of amides is 1. The second kappa shape index (κ2) is 4.82. The van der Waals surface area contributed by atoms with Gasteiger partial charge in [0.05, 0.1) is 23.7 Å².